The number of nitrogens with two attached hydrogens (primary N) is 6. The van der Waals surface area contributed by atoms with Gasteiger partial charge in [0.2, 0.25) is 70.9 Å². The van der Waals surface area contributed by atoms with Gasteiger partial charge in [0.05, 0.1) is 25.4 Å². The Hall–Kier alpha value is -7.46. The van der Waals surface area contributed by atoms with Crippen LogP contribution in [0.15, 0.2) is 24.3 Å². The fraction of sp³-hybridized carbons (Fsp3) is 0.640. The summed E-state index contributed by atoms with van der Waals surface area (Å²) in [5, 5.41) is 27.6. The molecule has 1 aromatic carbocycles. The number of benzene rings is 1. The molecule has 78 heavy (non-hydrogen) atoms. The highest BCUT2D eigenvalue weighted by Gasteiger charge is 2.40. The van der Waals surface area contributed by atoms with Gasteiger partial charge in [0, 0.05) is 19.5 Å². The van der Waals surface area contributed by atoms with Crippen LogP contribution < -0.4 is 71.6 Å². The third-order valence-corrected chi connectivity index (χ3v) is 13.2. The summed E-state index contributed by atoms with van der Waals surface area (Å²) in [6.07, 6.45) is 2.19. The normalized spacial score (nSPS) is 17.7. The summed E-state index contributed by atoms with van der Waals surface area (Å²) in [6.45, 7) is 5.14. The molecule has 1 aromatic rings. The molecule has 2 aliphatic rings. The molecular formula is C50H81N15O13. The molecule has 2 aliphatic heterocycles. The summed E-state index contributed by atoms with van der Waals surface area (Å²) in [5.74, 6) is -9.87. The Morgan fingerprint density at radius 3 is 1.65 bits per heavy atom. The Labute approximate surface area is 453 Å². The predicted molar refractivity (Wildman–Crippen MR) is 282 cm³/mol. The highest BCUT2D eigenvalue weighted by molar-refractivity contribution is 5.99. The smallest absolute Gasteiger partial charge is 0.245 e. The van der Waals surface area contributed by atoms with Gasteiger partial charge in [-0.2, -0.15) is 0 Å². The second kappa shape index (κ2) is 32.3. The second-order valence-electron chi connectivity index (χ2n) is 20.1. The largest absolute Gasteiger partial charge is 0.508 e. The minimum atomic E-state index is -1.72. The Balaban J connectivity index is 1.75. The van der Waals surface area contributed by atoms with Crippen molar-refractivity contribution in [1.29, 1.82) is 0 Å². The Morgan fingerprint density at radius 2 is 1.09 bits per heavy atom. The minimum absolute atomic E-state index is 0.0382. The molecule has 0 spiro atoms. The van der Waals surface area contributed by atoms with Gasteiger partial charge in [-0.3, -0.25) is 57.5 Å². The number of phenols is 1. The van der Waals surface area contributed by atoms with Crippen LogP contribution in [0.3, 0.4) is 0 Å². The van der Waals surface area contributed by atoms with Gasteiger partial charge in [-0.1, -0.05) is 26.0 Å². The van der Waals surface area contributed by atoms with Gasteiger partial charge < -0.3 is 86.5 Å². The quantitative estimate of drug-likeness (QED) is 0.0293. The maximum absolute atomic E-state index is 14.3. The molecule has 434 valence electrons. The SMILES string of the molecule is CC(C)C[C@H](NC(=O)[C@@H](N)CC(N)=O)C(=O)N1CCC[C@H]1C(=O)N[C@@H](C)C(=O)NCC(=O)N[C@@H](CC(N)=O)C(=O)N[C@@H](Cc1ccc(O)cc1)C(=O)N[C@@H](CCCCN)C(=O)N[C@@H](CCCCN)C(=O)N1CCC[C@H]1C(N)=O. The minimum Gasteiger partial charge on any atom is -0.508 e. The van der Waals surface area contributed by atoms with E-state index >= 15 is 0 Å². The molecule has 9 atom stereocenters. The van der Waals surface area contributed by atoms with E-state index in [1.807, 2.05) is 13.8 Å². The molecule has 2 saturated heterocycles. The molecule has 28 nitrogen and oxygen atoms in total. The molecule has 3 rings (SSSR count). The van der Waals surface area contributed by atoms with Crippen molar-refractivity contribution in [3.05, 3.63) is 29.8 Å². The summed E-state index contributed by atoms with van der Waals surface area (Å²) >= 11 is 0. The van der Waals surface area contributed by atoms with E-state index in [2.05, 4.69) is 37.2 Å². The highest BCUT2D eigenvalue weighted by Crippen LogP contribution is 2.22. The van der Waals surface area contributed by atoms with Crippen molar-refractivity contribution in [3.8, 4) is 5.75 Å². The summed E-state index contributed by atoms with van der Waals surface area (Å²) in [7, 11) is 0. The molecule has 0 aromatic heterocycles. The molecule has 0 bridgehead atoms. The number of nitrogens with one attached hydrogen (secondary N) is 7. The van der Waals surface area contributed by atoms with Crippen molar-refractivity contribution in [1.82, 2.24) is 47.0 Å². The van der Waals surface area contributed by atoms with Crippen molar-refractivity contribution in [2.45, 2.75) is 165 Å². The molecule has 12 amide bonds. The first-order valence-corrected chi connectivity index (χ1v) is 26.4. The molecule has 2 fully saturated rings. The second-order valence-corrected chi connectivity index (χ2v) is 20.1. The zero-order chi connectivity index (χ0) is 58.2. The van der Waals surface area contributed by atoms with Crippen molar-refractivity contribution in [2.24, 2.45) is 40.3 Å². The van der Waals surface area contributed by atoms with Gasteiger partial charge in [-0.15, -0.1) is 0 Å². The average Bonchev–Trinajstić information content (AvgIpc) is 4.08. The molecule has 2 heterocycles. The number of nitrogens with zero attached hydrogens (tertiary/aromatic N) is 2. The summed E-state index contributed by atoms with van der Waals surface area (Å²) < 4.78 is 0. The van der Waals surface area contributed by atoms with E-state index in [1.165, 1.54) is 41.0 Å². The predicted octanol–water partition coefficient (Wildman–Crippen LogP) is -5.17. The fourth-order valence-corrected chi connectivity index (χ4v) is 9.07. The zero-order valence-corrected chi connectivity index (χ0v) is 44.7. The van der Waals surface area contributed by atoms with E-state index < -0.39 is 145 Å². The first-order valence-electron chi connectivity index (χ1n) is 26.4. The average molecular weight is 1100 g/mol. The van der Waals surface area contributed by atoms with Crippen LogP contribution in [-0.2, 0) is 64.0 Å². The number of carbonyl (C=O) groups is 12. The lowest BCUT2D eigenvalue weighted by Crippen LogP contribution is -2.60. The lowest BCUT2D eigenvalue weighted by atomic mass is 10.0. The van der Waals surface area contributed by atoms with Gasteiger partial charge in [-0.25, -0.2) is 0 Å². The third-order valence-electron chi connectivity index (χ3n) is 13.2. The van der Waals surface area contributed by atoms with Crippen LogP contribution >= 0.6 is 0 Å². The molecule has 20 N–H and O–H groups in total. The van der Waals surface area contributed by atoms with Crippen molar-refractivity contribution in [2.75, 3.05) is 32.7 Å². The Kier molecular flexibility index (Phi) is 26.9. The van der Waals surface area contributed by atoms with Crippen LogP contribution in [0.4, 0.5) is 0 Å². The van der Waals surface area contributed by atoms with Crippen LogP contribution in [-0.4, -0.2) is 173 Å². The number of aromatic hydroxyl groups is 1. The molecule has 0 saturated carbocycles. The molecule has 28 heteroatoms. The molecular weight excluding hydrogens is 1020 g/mol. The van der Waals surface area contributed by atoms with Crippen LogP contribution in [0, 0.1) is 5.92 Å². The number of amides is 12. The van der Waals surface area contributed by atoms with Gasteiger partial charge in [0.25, 0.3) is 0 Å². The number of hydrogen-bond acceptors (Lipinski definition) is 16. The highest BCUT2D eigenvalue weighted by atomic mass is 16.3. The summed E-state index contributed by atoms with van der Waals surface area (Å²) in [4.78, 5) is 161. The van der Waals surface area contributed by atoms with Crippen LogP contribution in [0.25, 0.3) is 0 Å². The number of carbonyl (C=O) groups excluding carboxylic acids is 12. The van der Waals surface area contributed by atoms with Crippen LogP contribution in [0.2, 0.25) is 0 Å². The van der Waals surface area contributed by atoms with E-state index in [-0.39, 0.29) is 63.4 Å². The maximum atomic E-state index is 14.3. The van der Waals surface area contributed by atoms with E-state index in [4.69, 9.17) is 34.4 Å². The molecule has 0 aliphatic carbocycles. The zero-order valence-electron chi connectivity index (χ0n) is 44.7. The van der Waals surface area contributed by atoms with E-state index in [9.17, 15) is 62.6 Å². The number of hydrogen-bond donors (Lipinski definition) is 14. The van der Waals surface area contributed by atoms with Crippen LogP contribution in [0.5, 0.6) is 5.75 Å². The summed E-state index contributed by atoms with van der Waals surface area (Å²) in [6, 6.07) is -5.58. The number of rotatable bonds is 33. The van der Waals surface area contributed by atoms with Crippen molar-refractivity contribution < 1.29 is 62.6 Å². The molecule has 0 radical (unpaired) electrons. The maximum Gasteiger partial charge on any atom is 0.245 e. The van der Waals surface area contributed by atoms with Gasteiger partial charge in [-0.05, 0) is 114 Å². The van der Waals surface area contributed by atoms with E-state index in [0.29, 0.717) is 57.1 Å². The molecule has 0 unspecified atom stereocenters. The van der Waals surface area contributed by atoms with Gasteiger partial charge >= 0.3 is 0 Å². The van der Waals surface area contributed by atoms with Gasteiger partial charge in [0.15, 0.2) is 0 Å². The lowest BCUT2D eigenvalue weighted by molar-refractivity contribution is -0.142. The third kappa shape index (κ3) is 21.2. The van der Waals surface area contributed by atoms with E-state index in [1.54, 1.807) is 0 Å². The number of primary amides is 3. The van der Waals surface area contributed by atoms with Crippen LogP contribution in [0.1, 0.15) is 110 Å². The van der Waals surface area contributed by atoms with Crippen molar-refractivity contribution >= 4 is 70.9 Å². The first-order chi connectivity index (χ1) is 36.9. The monoisotopic (exact) mass is 1100 g/mol. The Morgan fingerprint density at radius 1 is 0.590 bits per heavy atom. The summed E-state index contributed by atoms with van der Waals surface area (Å²) in [5.41, 5.74) is 33.9. The first kappa shape index (κ1) is 64.8. The number of likely N-dealkylation sites (tertiary alicyclic amines) is 2. The lowest BCUT2D eigenvalue weighted by Gasteiger charge is -2.30. The number of phenolic OH excluding ortho intramolecular Hbond substituents is 1. The van der Waals surface area contributed by atoms with E-state index in [0.717, 1.165) is 0 Å². The standard InChI is InChI=1S/C50H81N15O13/c1-27(2)22-36(63-44(72)31(53)24-39(54)67)50(78)65-21-9-13-38(65)48(76)58-28(3)43(71)57-26-41(69)59-35(25-40(55)68)47(75)62-34(23-29-14-16-30(66)17-15-29)46(74)60-32(10-4-6-18-51)45(73)61-33(11-5-7-19-52)49(77)64-20-8-12-37(64)42(56)70/h14-17,27-28,31-38,66H,4-13,18-26,51-53H2,1-3H3,(H2,54,67)(H2,55,68)(H2,56,70)(H,57,71)(H,58,76)(H,59,69)(H,60,74)(H,61,73)(H,62,75)(H,63,72)/t28-,31-,32-,33-,34-,35-,36-,37-,38-/m0/s1. The number of unbranched alkanes of at least 4 members (excludes halogenated alkanes) is 2. The Bertz CT molecular complexity index is 2290. The van der Waals surface area contributed by atoms with Crippen molar-refractivity contribution in [3.63, 3.8) is 0 Å². The topological polar surface area (TPSA) is 472 Å². The van der Waals surface area contributed by atoms with Gasteiger partial charge in [0.1, 0.15) is 54.1 Å². The fourth-order valence-electron chi connectivity index (χ4n) is 9.07.